The van der Waals surface area contributed by atoms with E-state index in [4.69, 9.17) is 8.83 Å². The molecule has 0 atom stereocenters. The van der Waals surface area contributed by atoms with E-state index in [1.54, 1.807) is 12.1 Å². The zero-order valence-electron chi connectivity index (χ0n) is 14.9. The smallest absolute Gasteiger partial charge is 0.287 e. The van der Waals surface area contributed by atoms with Gasteiger partial charge in [-0.1, -0.05) is 12.1 Å². The summed E-state index contributed by atoms with van der Waals surface area (Å²) < 4.78 is 11.7. The van der Waals surface area contributed by atoms with E-state index < -0.39 is 0 Å². The fourth-order valence-corrected chi connectivity index (χ4v) is 3.08. The Hall–Kier alpha value is -2.86. The number of furan rings is 1. The maximum Gasteiger partial charge on any atom is 0.287 e. The van der Waals surface area contributed by atoms with Crippen LogP contribution in [0.15, 0.2) is 62.0 Å². The van der Waals surface area contributed by atoms with Crippen LogP contribution in [0.4, 0.5) is 0 Å². The fourth-order valence-electron chi connectivity index (χ4n) is 2.77. The maximum absolute atomic E-state index is 12.0. The van der Waals surface area contributed by atoms with Crippen LogP contribution in [0.1, 0.15) is 27.2 Å². The highest BCUT2D eigenvalue weighted by atomic mass is 79.9. The molecule has 6 heteroatoms. The lowest BCUT2D eigenvalue weighted by molar-refractivity contribution is 0.0922. The third-order valence-electron chi connectivity index (χ3n) is 4.45. The summed E-state index contributed by atoms with van der Waals surface area (Å²) in [5.74, 6) is 0.607. The number of carbonyl (C=O) groups excluding carboxylic acids is 1. The first-order chi connectivity index (χ1) is 13.0. The molecule has 4 aromatic rings. The number of rotatable bonds is 4. The van der Waals surface area contributed by atoms with Gasteiger partial charge in [-0.3, -0.25) is 4.79 Å². The highest BCUT2D eigenvalue weighted by Gasteiger charge is 2.11. The van der Waals surface area contributed by atoms with Crippen LogP contribution in [0, 0.1) is 13.8 Å². The van der Waals surface area contributed by atoms with E-state index in [1.807, 2.05) is 36.4 Å². The van der Waals surface area contributed by atoms with Gasteiger partial charge in [0, 0.05) is 12.1 Å². The SMILES string of the molecule is Cc1cc2nc(-c3ccc(CNC(=O)c4ccc(Br)o4)cc3)oc2cc1C. The first-order valence-electron chi connectivity index (χ1n) is 8.50. The number of amides is 1. The molecule has 2 aromatic carbocycles. The minimum Gasteiger partial charge on any atom is -0.444 e. The molecule has 4 rings (SSSR count). The molecule has 0 bridgehead atoms. The lowest BCUT2D eigenvalue weighted by Crippen LogP contribution is -2.22. The van der Waals surface area contributed by atoms with Crippen molar-refractivity contribution in [3.8, 4) is 11.5 Å². The first-order valence-corrected chi connectivity index (χ1v) is 9.29. The fraction of sp³-hybridized carbons (Fsp3) is 0.143. The molecule has 0 unspecified atom stereocenters. The van der Waals surface area contributed by atoms with Gasteiger partial charge in [-0.2, -0.15) is 0 Å². The number of aromatic nitrogens is 1. The number of oxazole rings is 1. The second kappa shape index (κ2) is 7.04. The van der Waals surface area contributed by atoms with Gasteiger partial charge in [0.15, 0.2) is 16.0 Å². The molecule has 0 saturated heterocycles. The van der Waals surface area contributed by atoms with Crippen molar-refractivity contribution in [2.24, 2.45) is 0 Å². The average Bonchev–Trinajstić information content (AvgIpc) is 3.27. The molecule has 0 fully saturated rings. The molecular weight excluding hydrogens is 408 g/mol. The molecular formula is C21H17BrN2O3. The van der Waals surface area contributed by atoms with Crippen molar-refractivity contribution in [2.45, 2.75) is 20.4 Å². The van der Waals surface area contributed by atoms with Crippen molar-refractivity contribution in [1.29, 1.82) is 0 Å². The molecule has 5 nitrogen and oxygen atoms in total. The predicted octanol–water partition coefficient (Wildman–Crippen LogP) is 5.40. The Bertz CT molecular complexity index is 1090. The lowest BCUT2D eigenvalue weighted by Gasteiger charge is -2.04. The average molecular weight is 425 g/mol. The van der Waals surface area contributed by atoms with Crippen molar-refractivity contribution in [1.82, 2.24) is 10.3 Å². The number of aryl methyl sites for hydroxylation is 2. The summed E-state index contributed by atoms with van der Waals surface area (Å²) in [6.07, 6.45) is 0. The van der Waals surface area contributed by atoms with Crippen LogP contribution < -0.4 is 5.32 Å². The Kier molecular flexibility index (Phi) is 4.58. The minimum absolute atomic E-state index is 0.255. The molecule has 2 aromatic heterocycles. The largest absolute Gasteiger partial charge is 0.444 e. The zero-order chi connectivity index (χ0) is 19.0. The standard InChI is InChI=1S/C21H17BrN2O3/c1-12-9-16-18(10-13(12)2)27-21(24-16)15-5-3-14(4-6-15)11-23-20(25)17-7-8-19(22)26-17/h3-10H,11H2,1-2H3,(H,23,25). The van der Waals surface area contributed by atoms with Crippen molar-refractivity contribution >= 4 is 32.9 Å². The van der Waals surface area contributed by atoms with Crippen LogP contribution in [0.3, 0.4) is 0 Å². The number of halogens is 1. The van der Waals surface area contributed by atoms with Crippen LogP contribution in [0.5, 0.6) is 0 Å². The van der Waals surface area contributed by atoms with Crippen LogP contribution in [-0.2, 0) is 6.54 Å². The van der Waals surface area contributed by atoms with Crippen LogP contribution in [0.25, 0.3) is 22.6 Å². The van der Waals surface area contributed by atoms with Gasteiger partial charge < -0.3 is 14.2 Å². The summed E-state index contributed by atoms with van der Waals surface area (Å²) in [7, 11) is 0. The molecule has 0 saturated carbocycles. The second-order valence-corrected chi connectivity index (χ2v) is 7.19. The van der Waals surface area contributed by atoms with Crippen molar-refractivity contribution in [2.75, 3.05) is 0 Å². The van der Waals surface area contributed by atoms with Gasteiger partial charge in [0.1, 0.15) is 5.52 Å². The van der Waals surface area contributed by atoms with Crippen molar-refractivity contribution < 1.29 is 13.6 Å². The summed E-state index contributed by atoms with van der Waals surface area (Å²) in [5.41, 5.74) is 5.88. The molecule has 0 aliphatic carbocycles. The predicted molar refractivity (Wildman–Crippen MR) is 106 cm³/mol. The molecule has 1 N–H and O–H groups in total. The Labute approximate surface area is 164 Å². The molecule has 1 amide bonds. The van der Waals surface area contributed by atoms with Crippen LogP contribution in [-0.4, -0.2) is 10.9 Å². The molecule has 0 aliphatic rings. The highest BCUT2D eigenvalue weighted by molar-refractivity contribution is 9.10. The number of nitrogens with zero attached hydrogens (tertiary/aromatic N) is 1. The summed E-state index contributed by atoms with van der Waals surface area (Å²) >= 11 is 3.19. The number of fused-ring (bicyclic) bond motifs is 1. The van der Waals surface area contributed by atoms with Crippen molar-refractivity contribution in [3.63, 3.8) is 0 Å². The van der Waals surface area contributed by atoms with Crippen LogP contribution >= 0.6 is 15.9 Å². The van der Waals surface area contributed by atoms with E-state index in [2.05, 4.69) is 40.1 Å². The van der Waals surface area contributed by atoms with E-state index in [9.17, 15) is 4.79 Å². The normalized spacial score (nSPS) is 11.1. The zero-order valence-corrected chi connectivity index (χ0v) is 16.5. The van der Waals surface area contributed by atoms with E-state index in [1.165, 1.54) is 11.1 Å². The third-order valence-corrected chi connectivity index (χ3v) is 4.88. The molecule has 0 spiro atoms. The summed E-state index contributed by atoms with van der Waals surface area (Å²) in [5, 5.41) is 2.83. The van der Waals surface area contributed by atoms with Gasteiger partial charge in [-0.05, 0) is 82.9 Å². The van der Waals surface area contributed by atoms with E-state index in [-0.39, 0.29) is 11.7 Å². The second-order valence-electron chi connectivity index (χ2n) is 6.41. The number of benzene rings is 2. The van der Waals surface area contributed by atoms with Gasteiger partial charge in [-0.15, -0.1) is 0 Å². The van der Waals surface area contributed by atoms with Gasteiger partial charge in [0.05, 0.1) is 0 Å². The van der Waals surface area contributed by atoms with E-state index in [0.29, 0.717) is 17.1 Å². The molecule has 136 valence electrons. The summed E-state index contributed by atoms with van der Waals surface area (Å²) in [6.45, 7) is 4.53. The number of hydrogen-bond donors (Lipinski definition) is 1. The molecule has 27 heavy (non-hydrogen) atoms. The first kappa shape index (κ1) is 17.5. The monoisotopic (exact) mass is 424 g/mol. The molecule has 0 aliphatic heterocycles. The summed E-state index contributed by atoms with van der Waals surface area (Å²) in [6, 6.07) is 15.1. The Balaban J connectivity index is 1.48. The van der Waals surface area contributed by atoms with E-state index in [0.717, 1.165) is 22.2 Å². The number of nitrogens with one attached hydrogen (secondary N) is 1. The quantitative estimate of drug-likeness (QED) is 0.476. The van der Waals surface area contributed by atoms with Crippen LogP contribution in [0.2, 0.25) is 0 Å². The lowest BCUT2D eigenvalue weighted by atomic mass is 10.1. The Morgan fingerprint density at radius 1 is 1.04 bits per heavy atom. The third kappa shape index (κ3) is 3.66. The maximum atomic E-state index is 12.0. The Morgan fingerprint density at radius 3 is 2.48 bits per heavy atom. The summed E-state index contributed by atoms with van der Waals surface area (Å²) in [4.78, 5) is 16.6. The number of carbonyl (C=O) groups is 1. The van der Waals surface area contributed by atoms with Gasteiger partial charge in [-0.25, -0.2) is 4.98 Å². The number of hydrogen-bond acceptors (Lipinski definition) is 4. The minimum atomic E-state index is -0.255. The molecule has 0 radical (unpaired) electrons. The molecule has 2 heterocycles. The Morgan fingerprint density at radius 2 is 1.78 bits per heavy atom. The van der Waals surface area contributed by atoms with Gasteiger partial charge >= 0.3 is 0 Å². The highest BCUT2D eigenvalue weighted by Crippen LogP contribution is 2.26. The van der Waals surface area contributed by atoms with Gasteiger partial charge in [0.25, 0.3) is 5.91 Å². The van der Waals surface area contributed by atoms with E-state index >= 15 is 0 Å². The topological polar surface area (TPSA) is 68.3 Å². The van der Waals surface area contributed by atoms with Crippen molar-refractivity contribution in [3.05, 3.63) is 75.7 Å². The van der Waals surface area contributed by atoms with Gasteiger partial charge in [0.2, 0.25) is 5.89 Å².